The number of hydrogen-bond donors (Lipinski definition) is 2. The summed E-state index contributed by atoms with van der Waals surface area (Å²) in [5.41, 5.74) is 0.988. The van der Waals surface area contributed by atoms with Crippen LogP contribution in [0.25, 0.3) is 11.3 Å². The summed E-state index contributed by atoms with van der Waals surface area (Å²) in [5.74, 6) is 0.213. The molecule has 1 unspecified atom stereocenters. The molecule has 4 rings (SSSR count). The molecule has 1 aromatic heterocycles. The fraction of sp³-hybridized carbons (Fsp3) is 0.500. The molecular formula is C20H24FN3O2. The van der Waals surface area contributed by atoms with Crippen molar-refractivity contribution in [3.8, 4) is 11.3 Å². The van der Waals surface area contributed by atoms with Gasteiger partial charge >= 0.3 is 0 Å². The van der Waals surface area contributed by atoms with E-state index in [4.69, 9.17) is 0 Å². The lowest BCUT2D eigenvalue weighted by atomic mass is 9.76. The van der Waals surface area contributed by atoms with Crippen LogP contribution in [-0.2, 0) is 0 Å². The molecule has 0 spiro atoms. The number of aliphatic hydroxyl groups excluding tert-OH is 1. The zero-order valence-corrected chi connectivity index (χ0v) is 14.7. The molecule has 0 radical (unpaired) electrons. The van der Waals surface area contributed by atoms with Gasteiger partial charge in [0, 0.05) is 24.1 Å². The summed E-state index contributed by atoms with van der Waals surface area (Å²) in [4.78, 5) is 14.7. The van der Waals surface area contributed by atoms with E-state index in [9.17, 15) is 14.3 Å². The zero-order valence-electron chi connectivity index (χ0n) is 14.7. The van der Waals surface area contributed by atoms with Gasteiger partial charge in [-0.05, 0) is 43.4 Å². The molecule has 2 heterocycles. The molecule has 1 atom stereocenters. The summed E-state index contributed by atoms with van der Waals surface area (Å²) in [7, 11) is 0. The normalized spacial score (nSPS) is 23.2. The van der Waals surface area contributed by atoms with Gasteiger partial charge in [0.1, 0.15) is 11.5 Å². The molecule has 5 nitrogen and oxygen atoms in total. The van der Waals surface area contributed by atoms with Crippen molar-refractivity contribution < 1.29 is 14.3 Å². The summed E-state index contributed by atoms with van der Waals surface area (Å²) in [6, 6.07) is 8.00. The topological polar surface area (TPSA) is 69.2 Å². The van der Waals surface area contributed by atoms with E-state index in [0.29, 0.717) is 36.0 Å². The van der Waals surface area contributed by atoms with Crippen LogP contribution in [0.15, 0.2) is 30.3 Å². The first kappa shape index (κ1) is 17.2. The van der Waals surface area contributed by atoms with Crippen molar-refractivity contribution in [2.24, 2.45) is 11.3 Å². The highest BCUT2D eigenvalue weighted by Gasteiger charge is 2.41. The molecule has 2 N–H and O–H groups in total. The number of rotatable bonds is 5. The van der Waals surface area contributed by atoms with Gasteiger partial charge in [0.05, 0.1) is 12.3 Å². The van der Waals surface area contributed by atoms with Gasteiger partial charge in [-0.2, -0.15) is 5.10 Å². The van der Waals surface area contributed by atoms with E-state index >= 15 is 0 Å². The Hall–Kier alpha value is -2.21. The number of likely N-dealkylation sites (tertiary alicyclic amines) is 1. The second kappa shape index (κ2) is 6.83. The van der Waals surface area contributed by atoms with E-state index < -0.39 is 0 Å². The molecule has 1 aliphatic carbocycles. The Bertz CT molecular complexity index is 802. The van der Waals surface area contributed by atoms with Crippen LogP contribution in [0.1, 0.15) is 42.6 Å². The van der Waals surface area contributed by atoms with E-state index in [1.54, 1.807) is 29.2 Å². The Labute approximate surface area is 152 Å². The third kappa shape index (κ3) is 3.38. The fourth-order valence-corrected chi connectivity index (χ4v) is 4.08. The van der Waals surface area contributed by atoms with Crippen molar-refractivity contribution in [2.75, 3.05) is 19.7 Å². The Kier molecular flexibility index (Phi) is 4.53. The minimum absolute atomic E-state index is 0.122. The van der Waals surface area contributed by atoms with Crippen LogP contribution in [-0.4, -0.2) is 45.8 Å². The summed E-state index contributed by atoms with van der Waals surface area (Å²) in [5, 5.41) is 16.8. The molecule has 2 aromatic rings. The number of nitrogens with zero attached hydrogens (tertiary/aromatic N) is 2. The summed E-state index contributed by atoms with van der Waals surface area (Å²) in [6.07, 6.45) is 5.34. The molecular weight excluding hydrogens is 333 g/mol. The summed E-state index contributed by atoms with van der Waals surface area (Å²) < 4.78 is 13.9. The maximum atomic E-state index is 13.9. The first-order chi connectivity index (χ1) is 12.6. The lowest BCUT2D eigenvalue weighted by Crippen LogP contribution is -2.48. The van der Waals surface area contributed by atoms with Crippen LogP contribution in [0.5, 0.6) is 0 Å². The number of halogens is 1. The van der Waals surface area contributed by atoms with Crippen LogP contribution in [0.4, 0.5) is 4.39 Å². The highest BCUT2D eigenvalue weighted by Crippen LogP contribution is 2.44. The molecule has 26 heavy (non-hydrogen) atoms. The molecule has 1 saturated carbocycles. The van der Waals surface area contributed by atoms with Gasteiger partial charge in [-0.25, -0.2) is 4.39 Å². The monoisotopic (exact) mass is 357 g/mol. The predicted molar refractivity (Wildman–Crippen MR) is 96.0 cm³/mol. The second-order valence-electron chi connectivity index (χ2n) is 7.78. The van der Waals surface area contributed by atoms with Crippen molar-refractivity contribution in [1.82, 2.24) is 15.1 Å². The second-order valence-corrected chi connectivity index (χ2v) is 7.78. The van der Waals surface area contributed by atoms with Crippen molar-refractivity contribution in [2.45, 2.75) is 32.1 Å². The number of carbonyl (C=O) groups is 1. The SMILES string of the molecule is O=C(c1cc(-c2ccccc2F)n[nH]1)N1CCCC(CO)(CC2CC2)C1. The molecule has 1 saturated heterocycles. The van der Waals surface area contributed by atoms with E-state index in [-0.39, 0.29) is 23.7 Å². The number of aromatic amines is 1. The van der Waals surface area contributed by atoms with Gasteiger partial charge in [0.15, 0.2) is 0 Å². The molecule has 1 aromatic carbocycles. The van der Waals surface area contributed by atoms with E-state index in [2.05, 4.69) is 10.2 Å². The predicted octanol–water partition coefficient (Wildman–Crippen LogP) is 3.23. The number of H-pyrrole nitrogens is 1. The largest absolute Gasteiger partial charge is 0.396 e. The number of aromatic nitrogens is 2. The number of carbonyl (C=O) groups excluding carboxylic acids is 1. The van der Waals surface area contributed by atoms with E-state index in [1.807, 2.05) is 0 Å². The van der Waals surface area contributed by atoms with Crippen LogP contribution in [0, 0.1) is 17.2 Å². The maximum Gasteiger partial charge on any atom is 0.271 e. The number of hydrogen-bond acceptors (Lipinski definition) is 3. The minimum Gasteiger partial charge on any atom is -0.396 e. The standard InChI is InChI=1S/C20H24FN3O2/c21-16-5-2-1-4-15(16)17-10-18(23-22-17)19(26)24-9-3-8-20(12-24,13-25)11-14-6-7-14/h1-2,4-5,10,14,25H,3,6-9,11-13H2,(H,22,23). The molecule has 1 amide bonds. The minimum atomic E-state index is -0.361. The van der Waals surface area contributed by atoms with Gasteiger partial charge in [-0.3, -0.25) is 9.89 Å². The third-order valence-electron chi connectivity index (χ3n) is 5.66. The Morgan fingerprint density at radius 1 is 1.38 bits per heavy atom. The number of piperidine rings is 1. The quantitative estimate of drug-likeness (QED) is 0.863. The highest BCUT2D eigenvalue weighted by atomic mass is 19.1. The van der Waals surface area contributed by atoms with E-state index in [1.165, 1.54) is 18.9 Å². The average Bonchev–Trinajstić information content (AvgIpc) is 3.33. The van der Waals surface area contributed by atoms with Gasteiger partial charge in [0.25, 0.3) is 5.91 Å². The molecule has 2 fully saturated rings. The molecule has 2 aliphatic rings. The molecule has 0 bridgehead atoms. The zero-order chi connectivity index (χ0) is 18.1. The number of amides is 1. The maximum absolute atomic E-state index is 13.9. The Balaban J connectivity index is 1.51. The Morgan fingerprint density at radius 2 is 2.19 bits per heavy atom. The van der Waals surface area contributed by atoms with Gasteiger partial charge in [-0.1, -0.05) is 25.0 Å². The number of nitrogens with one attached hydrogen (secondary N) is 1. The van der Waals surface area contributed by atoms with Crippen molar-refractivity contribution in [1.29, 1.82) is 0 Å². The van der Waals surface area contributed by atoms with Crippen molar-refractivity contribution in [3.05, 3.63) is 41.8 Å². The Morgan fingerprint density at radius 3 is 2.92 bits per heavy atom. The lowest BCUT2D eigenvalue weighted by molar-refractivity contribution is 0.0193. The molecule has 1 aliphatic heterocycles. The van der Waals surface area contributed by atoms with Crippen molar-refractivity contribution >= 4 is 5.91 Å². The summed E-state index contributed by atoms with van der Waals surface area (Å²) >= 11 is 0. The average molecular weight is 357 g/mol. The molecule has 138 valence electrons. The first-order valence-corrected chi connectivity index (χ1v) is 9.31. The first-order valence-electron chi connectivity index (χ1n) is 9.31. The number of aliphatic hydroxyl groups is 1. The summed E-state index contributed by atoms with van der Waals surface area (Å²) in [6.45, 7) is 1.38. The lowest BCUT2D eigenvalue weighted by Gasteiger charge is -2.42. The van der Waals surface area contributed by atoms with Crippen LogP contribution >= 0.6 is 0 Å². The van der Waals surface area contributed by atoms with Crippen LogP contribution < -0.4 is 0 Å². The van der Waals surface area contributed by atoms with Crippen LogP contribution in [0.2, 0.25) is 0 Å². The highest BCUT2D eigenvalue weighted by molar-refractivity contribution is 5.93. The van der Waals surface area contributed by atoms with Crippen molar-refractivity contribution in [3.63, 3.8) is 0 Å². The smallest absolute Gasteiger partial charge is 0.271 e. The third-order valence-corrected chi connectivity index (χ3v) is 5.66. The van der Waals surface area contributed by atoms with Gasteiger partial charge in [-0.15, -0.1) is 0 Å². The molecule has 6 heteroatoms. The van der Waals surface area contributed by atoms with Gasteiger partial charge in [0.2, 0.25) is 0 Å². The van der Waals surface area contributed by atoms with Crippen LogP contribution in [0.3, 0.4) is 0 Å². The fourth-order valence-electron chi connectivity index (χ4n) is 4.08. The van der Waals surface area contributed by atoms with Gasteiger partial charge < -0.3 is 10.0 Å². The van der Waals surface area contributed by atoms with E-state index in [0.717, 1.165) is 19.3 Å². The number of benzene rings is 1.